The van der Waals surface area contributed by atoms with E-state index < -0.39 is 0 Å². The Morgan fingerprint density at radius 1 is 0.941 bits per heavy atom. The van der Waals surface area contributed by atoms with E-state index in [1.165, 1.54) is 5.56 Å². The normalized spacial score (nSPS) is 18.4. The van der Waals surface area contributed by atoms with E-state index in [0.29, 0.717) is 45.7 Å². The molecule has 1 fully saturated rings. The number of hydrogen-bond donors (Lipinski definition) is 1. The van der Waals surface area contributed by atoms with E-state index >= 15 is 0 Å². The molecule has 1 saturated heterocycles. The summed E-state index contributed by atoms with van der Waals surface area (Å²) in [6.45, 7) is 9.06. The number of rotatable bonds is 5. The number of fused-ring (bicyclic) bond motifs is 1. The maximum atomic E-state index is 13.2. The molecule has 1 N–H and O–H groups in total. The summed E-state index contributed by atoms with van der Waals surface area (Å²) in [6.07, 6.45) is 1.12. The van der Waals surface area contributed by atoms with E-state index in [9.17, 15) is 14.4 Å². The van der Waals surface area contributed by atoms with Crippen LogP contribution in [0.4, 0.5) is 5.69 Å². The first kappa shape index (κ1) is 24.0. The van der Waals surface area contributed by atoms with Crippen molar-refractivity contribution in [2.24, 2.45) is 0 Å². The molecule has 2 heterocycles. The van der Waals surface area contributed by atoms with Gasteiger partial charge in [-0.15, -0.1) is 0 Å². The molecule has 0 radical (unpaired) electrons. The van der Waals surface area contributed by atoms with Gasteiger partial charge in [0.05, 0.1) is 19.0 Å². The molecule has 34 heavy (non-hydrogen) atoms. The van der Waals surface area contributed by atoms with E-state index in [0.717, 1.165) is 28.8 Å². The highest BCUT2D eigenvalue weighted by Crippen LogP contribution is 2.33. The number of anilines is 1. The third-order valence-corrected chi connectivity index (χ3v) is 7.16. The molecule has 1 unspecified atom stereocenters. The van der Waals surface area contributed by atoms with Crippen LogP contribution in [-0.2, 0) is 20.8 Å². The number of nitrogens with zero attached hydrogens (tertiary/aromatic N) is 3. The number of amides is 3. The van der Waals surface area contributed by atoms with Crippen molar-refractivity contribution in [3.63, 3.8) is 0 Å². The highest BCUT2D eigenvalue weighted by molar-refractivity contribution is 5.93. The quantitative estimate of drug-likeness (QED) is 0.742. The summed E-state index contributed by atoms with van der Waals surface area (Å²) in [4.78, 5) is 43.8. The lowest BCUT2D eigenvalue weighted by molar-refractivity contribution is -0.137. The standard InChI is InChI=1S/C27H34N4O3/c1-19-7-6-10-24(20(19)2)28-26(33)18-29-13-15-30(16-14-29)27(34)17-25-23-9-5-4-8-22(23)11-12-31(25)21(3)32/h4-10,25H,11-18H2,1-3H3,(H,28,33). The van der Waals surface area contributed by atoms with Gasteiger partial charge in [-0.25, -0.2) is 0 Å². The number of carbonyl (C=O) groups excluding carboxylic acids is 3. The number of benzene rings is 2. The highest BCUT2D eigenvalue weighted by Gasteiger charge is 2.32. The van der Waals surface area contributed by atoms with Crippen molar-refractivity contribution in [2.45, 2.75) is 39.7 Å². The minimum Gasteiger partial charge on any atom is -0.340 e. The Morgan fingerprint density at radius 2 is 1.68 bits per heavy atom. The van der Waals surface area contributed by atoms with Crippen molar-refractivity contribution in [1.29, 1.82) is 0 Å². The van der Waals surface area contributed by atoms with Crippen LogP contribution in [0.15, 0.2) is 42.5 Å². The van der Waals surface area contributed by atoms with E-state index in [-0.39, 0.29) is 23.8 Å². The molecule has 2 aromatic rings. The summed E-state index contributed by atoms with van der Waals surface area (Å²) in [6, 6.07) is 13.8. The number of aryl methyl sites for hydroxylation is 1. The second-order valence-electron chi connectivity index (χ2n) is 9.33. The Bertz CT molecular complexity index is 1080. The number of nitrogens with one attached hydrogen (secondary N) is 1. The van der Waals surface area contributed by atoms with E-state index in [2.05, 4.69) is 16.3 Å². The van der Waals surface area contributed by atoms with Crippen molar-refractivity contribution in [3.8, 4) is 0 Å². The molecule has 2 aliphatic heterocycles. The fourth-order valence-electron chi connectivity index (χ4n) is 4.98. The molecular formula is C27H34N4O3. The van der Waals surface area contributed by atoms with Gasteiger partial charge in [-0.05, 0) is 48.6 Å². The van der Waals surface area contributed by atoms with Crippen LogP contribution in [0.5, 0.6) is 0 Å². The molecule has 180 valence electrons. The van der Waals surface area contributed by atoms with E-state index in [1.807, 2.05) is 60.0 Å². The summed E-state index contributed by atoms with van der Waals surface area (Å²) in [5.74, 6) is 0.0313. The maximum absolute atomic E-state index is 13.2. The van der Waals surface area contributed by atoms with Gasteiger partial charge in [0.15, 0.2) is 0 Å². The SMILES string of the molecule is CC(=O)N1CCc2ccccc2C1CC(=O)N1CCN(CC(=O)Nc2cccc(C)c2C)CC1. The Labute approximate surface area is 201 Å². The molecule has 3 amide bonds. The third kappa shape index (κ3) is 5.30. The van der Waals surface area contributed by atoms with Gasteiger partial charge in [-0.2, -0.15) is 0 Å². The molecular weight excluding hydrogens is 428 g/mol. The van der Waals surface area contributed by atoms with Crippen LogP contribution >= 0.6 is 0 Å². The van der Waals surface area contributed by atoms with E-state index in [1.54, 1.807) is 6.92 Å². The number of hydrogen-bond acceptors (Lipinski definition) is 4. The van der Waals surface area contributed by atoms with Crippen LogP contribution in [0.1, 0.15) is 41.6 Å². The first-order valence-electron chi connectivity index (χ1n) is 12.0. The maximum Gasteiger partial charge on any atom is 0.238 e. The third-order valence-electron chi connectivity index (χ3n) is 7.16. The van der Waals surface area contributed by atoms with Gasteiger partial charge in [0, 0.05) is 45.3 Å². The summed E-state index contributed by atoms with van der Waals surface area (Å²) in [5.41, 5.74) is 5.38. The van der Waals surface area contributed by atoms with Gasteiger partial charge in [0.2, 0.25) is 17.7 Å². The Morgan fingerprint density at radius 3 is 2.41 bits per heavy atom. The largest absolute Gasteiger partial charge is 0.340 e. The van der Waals surface area contributed by atoms with Crippen LogP contribution in [-0.4, -0.2) is 71.7 Å². The monoisotopic (exact) mass is 462 g/mol. The van der Waals surface area contributed by atoms with E-state index in [4.69, 9.17) is 0 Å². The van der Waals surface area contributed by atoms with Crippen LogP contribution in [0, 0.1) is 13.8 Å². The number of carbonyl (C=O) groups is 3. The fraction of sp³-hybridized carbons (Fsp3) is 0.444. The summed E-state index contributed by atoms with van der Waals surface area (Å²) < 4.78 is 0. The second kappa shape index (κ2) is 10.4. The lowest BCUT2D eigenvalue weighted by Gasteiger charge is -2.39. The van der Waals surface area contributed by atoms with Crippen LogP contribution in [0.25, 0.3) is 0 Å². The number of piperazine rings is 1. The predicted octanol–water partition coefficient (Wildman–Crippen LogP) is 2.92. The van der Waals surface area contributed by atoms with Crippen LogP contribution in [0.3, 0.4) is 0 Å². The Hall–Kier alpha value is -3.19. The molecule has 2 aromatic carbocycles. The highest BCUT2D eigenvalue weighted by atomic mass is 16.2. The van der Waals surface area contributed by atoms with Gasteiger partial charge in [0.25, 0.3) is 0 Å². The molecule has 0 spiro atoms. The molecule has 0 bridgehead atoms. The Kier molecular flexibility index (Phi) is 7.32. The van der Waals surface area contributed by atoms with Crippen molar-refractivity contribution in [3.05, 3.63) is 64.7 Å². The van der Waals surface area contributed by atoms with Crippen molar-refractivity contribution >= 4 is 23.4 Å². The zero-order valence-corrected chi connectivity index (χ0v) is 20.3. The first-order chi connectivity index (χ1) is 16.3. The molecule has 0 aromatic heterocycles. The minimum atomic E-state index is -0.212. The van der Waals surface area contributed by atoms with Gasteiger partial charge in [-0.1, -0.05) is 36.4 Å². The van der Waals surface area contributed by atoms with Gasteiger partial charge >= 0.3 is 0 Å². The predicted molar refractivity (Wildman–Crippen MR) is 132 cm³/mol. The van der Waals surface area contributed by atoms with Gasteiger partial charge in [0.1, 0.15) is 0 Å². The zero-order valence-electron chi connectivity index (χ0n) is 20.3. The van der Waals surface area contributed by atoms with Crippen LogP contribution < -0.4 is 5.32 Å². The molecule has 1 atom stereocenters. The van der Waals surface area contributed by atoms with Crippen molar-refractivity contribution in [1.82, 2.24) is 14.7 Å². The van der Waals surface area contributed by atoms with Gasteiger partial charge in [-0.3, -0.25) is 19.3 Å². The zero-order chi connectivity index (χ0) is 24.2. The minimum absolute atomic E-state index is 0.00646. The lowest BCUT2D eigenvalue weighted by Crippen LogP contribution is -2.51. The molecule has 7 heteroatoms. The molecule has 0 saturated carbocycles. The van der Waals surface area contributed by atoms with Gasteiger partial charge < -0.3 is 15.1 Å². The smallest absolute Gasteiger partial charge is 0.238 e. The molecule has 4 rings (SSSR count). The van der Waals surface area contributed by atoms with Crippen molar-refractivity contribution in [2.75, 3.05) is 44.6 Å². The summed E-state index contributed by atoms with van der Waals surface area (Å²) >= 11 is 0. The topological polar surface area (TPSA) is 73.0 Å². The lowest BCUT2D eigenvalue weighted by atomic mass is 9.90. The molecule has 0 aliphatic carbocycles. The fourth-order valence-corrected chi connectivity index (χ4v) is 4.98. The molecule has 2 aliphatic rings. The summed E-state index contributed by atoms with van der Waals surface area (Å²) in [5, 5.41) is 3.01. The average molecular weight is 463 g/mol. The summed E-state index contributed by atoms with van der Waals surface area (Å²) in [7, 11) is 0. The average Bonchev–Trinajstić information content (AvgIpc) is 2.82. The first-order valence-corrected chi connectivity index (χ1v) is 12.0. The van der Waals surface area contributed by atoms with Crippen molar-refractivity contribution < 1.29 is 14.4 Å². The second-order valence-corrected chi connectivity index (χ2v) is 9.33. The van der Waals surface area contributed by atoms with Crippen LogP contribution in [0.2, 0.25) is 0 Å². The Balaban J connectivity index is 1.31. The molecule has 7 nitrogen and oxygen atoms in total.